The molecule has 7 rings (SSSR count). The van der Waals surface area contributed by atoms with Crippen LogP contribution >= 0.6 is 22.7 Å². The summed E-state index contributed by atoms with van der Waals surface area (Å²) in [5.74, 6) is -1.28. The van der Waals surface area contributed by atoms with Crippen molar-refractivity contribution in [1.82, 2.24) is 0 Å². The van der Waals surface area contributed by atoms with E-state index in [9.17, 15) is 19.8 Å². The highest BCUT2D eigenvalue weighted by molar-refractivity contribution is 7.19. The lowest BCUT2D eigenvalue weighted by Crippen LogP contribution is -2.36. The predicted molar refractivity (Wildman–Crippen MR) is 180 cm³/mol. The first kappa shape index (κ1) is 30.0. The molecule has 0 amide bonds. The summed E-state index contributed by atoms with van der Waals surface area (Å²) in [5, 5.41) is 28.5. The highest BCUT2D eigenvalue weighted by Crippen LogP contribution is 2.40. The molecule has 46 heavy (non-hydrogen) atoms. The highest BCUT2D eigenvalue weighted by Gasteiger charge is 2.33. The van der Waals surface area contributed by atoms with Gasteiger partial charge < -0.3 is 10.2 Å². The van der Waals surface area contributed by atoms with Crippen LogP contribution in [0.1, 0.15) is 60.7 Å². The largest absolute Gasteiger partial charge is 0.871 e. The molecule has 3 aromatic carbocycles. The average Bonchev–Trinajstić information content (AvgIpc) is 3.61. The highest BCUT2D eigenvalue weighted by atomic mass is 32.1. The Labute approximate surface area is 275 Å². The zero-order chi connectivity index (χ0) is 31.9. The van der Waals surface area contributed by atoms with Crippen LogP contribution in [0.3, 0.4) is 0 Å². The number of allylic oxidation sites excluding steroid dienone is 4. The third-order valence-corrected chi connectivity index (χ3v) is 10.8. The molecule has 6 nitrogen and oxygen atoms in total. The van der Waals surface area contributed by atoms with Crippen LogP contribution in [0.5, 0.6) is 0 Å². The van der Waals surface area contributed by atoms with Crippen LogP contribution in [-0.2, 0) is 22.7 Å². The molecule has 0 fully saturated rings. The molecule has 0 radical (unpaired) electrons. The van der Waals surface area contributed by atoms with Gasteiger partial charge in [0, 0.05) is 59.4 Å². The van der Waals surface area contributed by atoms with Crippen LogP contribution < -0.4 is 19.3 Å². The SMILES string of the molecule is CCCC[n+]1c(/C=C2/C(=O)C(c3cccc(C4=C([O-])/C(=C\c5sc6ccccc6[n+]5CCCC)C4=O)c3)=C2[O-])sc2ccccc21. The van der Waals surface area contributed by atoms with E-state index in [0.717, 1.165) is 69.2 Å². The number of carbonyl (C=O) groups excluding carboxylic acids is 2. The van der Waals surface area contributed by atoms with E-state index in [4.69, 9.17) is 0 Å². The minimum absolute atomic E-state index is 0.0900. The number of Topliss-reactive ketones (excluding diaryl/α,β-unsaturated/α-hetero) is 2. The van der Waals surface area contributed by atoms with Crippen LogP contribution in [0.4, 0.5) is 0 Å². The first-order valence-electron chi connectivity index (χ1n) is 15.7. The van der Waals surface area contributed by atoms with Crippen molar-refractivity contribution in [2.75, 3.05) is 0 Å². The lowest BCUT2D eigenvalue weighted by molar-refractivity contribution is -0.669. The molecule has 0 saturated heterocycles. The summed E-state index contributed by atoms with van der Waals surface area (Å²) >= 11 is 3.13. The molecule has 2 aliphatic carbocycles. The minimum Gasteiger partial charge on any atom is -0.871 e. The number of aryl methyl sites for hydroxylation is 2. The van der Waals surface area contributed by atoms with Gasteiger partial charge >= 0.3 is 0 Å². The number of hydrogen-bond acceptors (Lipinski definition) is 6. The molecule has 0 N–H and O–H groups in total. The van der Waals surface area contributed by atoms with Crippen LogP contribution in [0, 0.1) is 0 Å². The van der Waals surface area contributed by atoms with Gasteiger partial charge in [0.25, 0.3) is 10.0 Å². The Morgan fingerprint density at radius 1 is 0.630 bits per heavy atom. The summed E-state index contributed by atoms with van der Waals surface area (Å²) in [6.45, 7) is 5.88. The molecule has 5 aromatic rings. The van der Waals surface area contributed by atoms with Gasteiger partial charge in [-0.2, -0.15) is 9.13 Å². The monoisotopic (exact) mass is 644 g/mol. The second-order valence-electron chi connectivity index (χ2n) is 11.6. The molecule has 0 bridgehead atoms. The number of carbonyl (C=O) groups is 2. The lowest BCUT2D eigenvalue weighted by Gasteiger charge is -2.32. The van der Waals surface area contributed by atoms with Crippen LogP contribution in [0.15, 0.2) is 95.5 Å². The van der Waals surface area contributed by atoms with Gasteiger partial charge in [0.15, 0.2) is 24.7 Å². The van der Waals surface area contributed by atoms with Crippen molar-refractivity contribution in [3.63, 3.8) is 0 Å². The van der Waals surface area contributed by atoms with Crippen LogP contribution in [0.2, 0.25) is 0 Å². The Bertz CT molecular complexity index is 2040. The van der Waals surface area contributed by atoms with Gasteiger partial charge in [-0.1, -0.05) is 103 Å². The van der Waals surface area contributed by atoms with E-state index in [2.05, 4.69) is 35.1 Å². The summed E-state index contributed by atoms with van der Waals surface area (Å²) in [7, 11) is 0. The van der Waals surface area contributed by atoms with Gasteiger partial charge in [-0.15, -0.1) is 0 Å². The van der Waals surface area contributed by atoms with Crippen LogP contribution in [-0.4, -0.2) is 11.6 Å². The van der Waals surface area contributed by atoms with Crippen LogP contribution in [0.25, 0.3) is 43.7 Å². The number of unbranched alkanes of at least 4 members (excludes halogenated alkanes) is 2. The van der Waals surface area contributed by atoms with Gasteiger partial charge in [0.2, 0.25) is 11.0 Å². The number of ketones is 2. The number of para-hydroxylation sites is 2. The number of nitrogens with zero attached hydrogens (tertiary/aromatic N) is 2. The molecule has 0 aliphatic heterocycles. The van der Waals surface area contributed by atoms with Crippen molar-refractivity contribution in [3.05, 3.63) is 117 Å². The first-order valence-corrected chi connectivity index (χ1v) is 17.3. The van der Waals surface area contributed by atoms with Gasteiger partial charge in [-0.05, 0) is 29.3 Å². The zero-order valence-corrected chi connectivity index (χ0v) is 27.3. The maximum absolute atomic E-state index is 13.4. The molecule has 0 spiro atoms. The minimum atomic E-state index is -0.320. The molecular weight excluding hydrogens is 613 g/mol. The maximum atomic E-state index is 13.4. The van der Waals surface area contributed by atoms with Gasteiger partial charge in [0.1, 0.15) is 9.40 Å². The smallest absolute Gasteiger partial charge is 0.263 e. The third-order valence-electron chi connectivity index (χ3n) is 8.61. The van der Waals surface area contributed by atoms with Crippen molar-refractivity contribution >= 4 is 78.0 Å². The molecule has 0 saturated carbocycles. The number of aromatic nitrogens is 2. The molecular formula is C38H32N2O4S2. The Hall–Kier alpha value is -4.66. The molecule has 2 aliphatic rings. The topological polar surface area (TPSA) is 88.0 Å². The fourth-order valence-electron chi connectivity index (χ4n) is 6.10. The summed E-state index contributed by atoms with van der Waals surface area (Å²) < 4.78 is 6.56. The van der Waals surface area contributed by atoms with E-state index in [1.54, 1.807) is 59.1 Å². The summed E-state index contributed by atoms with van der Waals surface area (Å²) in [6.07, 6.45) is 7.47. The Kier molecular flexibility index (Phi) is 8.01. The van der Waals surface area contributed by atoms with E-state index >= 15 is 0 Å². The van der Waals surface area contributed by atoms with Crippen molar-refractivity contribution in [3.8, 4) is 0 Å². The Morgan fingerprint density at radius 3 is 1.48 bits per heavy atom. The van der Waals surface area contributed by atoms with Crippen molar-refractivity contribution < 1.29 is 28.9 Å². The molecule has 2 heterocycles. The number of rotatable bonds is 10. The summed E-state index contributed by atoms with van der Waals surface area (Å²) in [6, 6.07) is 22.9. The zero-order valence-electron chi connectivity index (χ0n) is 25.7. The third kappa shape index (κ3) is 5.02. The van der Waals surface area contributed by atoms with Gasteiger partial charge in [-0.3, -0.25) is 9.59 Å². The Balaban J connectivity index is 1.20. The van der Waals surface area contributed by atoms with Gasteiger partial charge in [0.05, 0.1) is 0 Å². The van der Waals surface area contributed by atoms with E-state index in [1.807, 2.05) is 36.4 Å². The molecule has 8 heteroatoms. The second-order valence-corrected chi connectivity index (χ2v) is 13.7. The van der Waals surface area contributed by atoms with E-state index < -0.39 is 0 Å². The standard InChI is InChI=1S/C38H32N2O4S2/c1-3-5-18-39-27-14-7-9-16-29(27)45-31(39)21-25-35(41)33(36(25)42)23-12-11-13-24(20-23)34-37(43)26(38(34)44)22-32-40(19-6-4-2)28-15-8-10-17-30(28)46-32/h7-17,20-22H,3-6,18-19H2,1-2H3. The number of benzene rings is 3. The predicted octanol–water partition coefficient (Wildman–Crippen LogP) is 5.77. The van der Waals surface area contributed by atoms with E-state index in [-0.39, 0.29) is 45.4 Å². The first-order chi connectivity index (χ1) is 22.4. The lowest BCUT2D eigenvalue weighted by atomic mass is 9.79. The number of thiazole rings is 2. The molecule has 230 valence electrons. The second kappa shape index (κ2) is 12.3. The fourth-order valence-corrected chi connectivity index (χ4v) is 8.37. The fraction of sp³-hybridized carbons (Fsp3) is 0.211. The average molecular weight is 645 g/mol. The number of hydrogen-bond donors (Lipinski definition) is 0. The summed E-state index contributed by atoms with van der Waals surface area (Å²) in [4.78, 5) is 26.7. The quantitative estimate of drug-likeness (QED) is 0.143. The molecule has 2 aromatic heterocycles. The van der Waals surface area contributed by atoms with Gasteiger partial charge in [-0.25, -0.2) is 0 Å². The Morgan fingerprint density at radius 2 is 1.07 bits per heavy atom. The van der Waals surface area contributed by atoms with Crippen molar-refractivity contribution in [2.45, 2.75) is 52.6 Å². The van der Waals surface area contributed by atoms with E-state index in [0.29, 0.717) is 11.1 Å². The van der Waals surface area contributed by atoms with E-state index in [1.165, 1.54) is 0 Å². The maximum Gasteiger partial charge on any atom is 0.263 e. The summed E-state index contributed by atoms with van der Waals surface area (Å²) in [5.41, 5.74) is 3.52. The molecule has 0 atom stereocenters. The van der Waals surface area contributed by atoms with Crippen molar-refractivity contribution in [2.24, 2.45) is 0 Å². The molecule has 0 unspecified atom stereocenters. The van der Waals surface area contributed by atoms with Crippen molar-refractivity contribution in [1.29, 1.82) is 0 Å². The normalized spacial score (nSPS) is 16.7. The number of fused-ring (bicyclic) bond motifs is 2.